The predicted octanol–water partition coefficient (Wildman–Crippen LogP) is 5.33. The van der Waals surface area contributed by atoms with Crippen molar-refractivity contribution < 1.29 is 9.59 Å². The van der Waals surface area contributed by atoms with Gasteiger partial charge in [-0.05, 0) is 54.2 Å². The van der Waals surface area contributed by atoms with Crippen LogP contribution in [-0.4, -0.2) is 35.8 Å². The van der Waals surface area contributed by atoms with Gasteiger partial charge in [-0.3, -0.25) is 9.59 Å². The summed E-state index contributed by atoms with van der Waals surface area (Å²) < 4.78 is 0. The Balaban J connectivity index is 1.55. The molecule has 1 aliphatic heterocycles. The molecule has 1 saturated heterocycles. The highest BCUT2D eigenvalue weighted by atomic mass is 35.5. The summed E-state index contributed by atoms with van der Waals surface area (Å²) >= 11 is 11.9. The number of carbonyl (C=O) groups excluding carboxylic acids is 2. The van der Waals surface area contributed by atoms with Crippen LogP contribution in [0.3, 0.4) is 0 Å². The van der Waals surface area contributed by atoms with Gasteiger partial charge in [0.25, 0.3) is 11.8 Å². The first-order chi connectivity index (χ1) is 13.6. The molecule has 0 radical (unpaired) electrons. The largest absolute Gasteiger partial charge is 0.349 e. The van der Waals surface area contributed by atoms with Crippen molar-refractivity contribution in [2.75, 3.05) is 13.1 Å². The van der Waals surface area contributed by atoms with E-state index in [-0.39, 0.29) is 23.3 Å². The number of nitrogens with one attached hydrogen (secondary N) is 1. The zero-order valence-electron chi connectivity index (χ0n) is 17.0. The molecule has 1 heterocycles. The standard InChI is InChI=1S/C23H26Cl2N2O2/c1-23(2,3)17-7-4-15(5-8-17)22(29)27-12-10-18(11-13-27)26-21(28)16-6-9-19(24)20(25)14-16/h4-9,14,18H,10-13H2,1-3H3,(H,26,28). The smallest absolute Gasteiger partial charge is 0.253 e. The van der Waals surface area contributed by atoms with Gasteiger partial charge in [0, 0.05) is 30.3 Å². The first kappa shape index (κ1) is 21.7. The summed E-state index contributed by atoms with van der Waals surface area (Å²) in [5, 5.41) is 3.81. The molecule has 2 amide bonds. The number of hydrogen-bond acceptors (Lipinski definition) is 2. The number of benzene rings is 2. The first-order valence-corrected chi connectivity index (χ1v) is 10.6. The van der Waals surface area contributed by atoms with E-state index in [2.05, 4.69) is 26.1 Å². The molecule has 0 aromatic heterocycles. The number of likely N-dealkylation sites (tertiary alicyclic amines) is 1. The van der Waals surface area contributed by atoms with Crippen LogP contribution in [0.1, 0.15) is 59.9 Å². The van der Waals surface area contributed by atoms with E-state index in [1.165, 1.54) is 5.56 Å². The average molecular weight is 433 g/mol. The Labute approximate surface area is 182 Å². The molecule has 0 bridgehead atoms. The van der Waals surface area contributed by atoms with Gasteiger partial charge in [-0.2, -0.15) is 0 Å². The molecule has 0 atom stereocenters. The SMILES string of the molecule is CC(C)(C)c1ccc(C(=O)N2CCC(NC(=O)c3ccc(Cl)c(Cl)c3)CC2)cc1. The van der Waals surface area contributed by atoms with Gasteiger partial charge in [0.05, 0.1) is 10.0 Å². The average Bonchev–Trinajstić information content (AvgIpc) is 2.69. The van der Waals surface area contributed by atoms with E-state index in [9.17, 15) is 9.59 Å². The summed E-state index contributed by atoms with van der Waals surface area (Å²) in [5.41, 5.74) is 2.46. The van der Waals surface area contributed by atoms with E-state index in [0.29, 0.717) is 34.3 Å². The summed E-state index contributed by atoms with van der Waals surface area (Å²) in [6, 6.07) is 12.7. The first-order valence-electron chi connectivity index (χ1n) is 9.81. The monoisotopic (exact) mass is 432 g/mol. The third-order valence-corrected chi connectivity index (χ3v) is 6.04. The normalized spacial score (nSPS) is 15.3. The highest BCUT2D eigenvalue weighted by molar-refractivity contribution is 6.42. The van der Waals surface area contributed by atoms with Crippen molar-refractivity contribution in [3.63, 3.8) is 0 Å². The highest BCUT2D eigenvalue weighted by Gasteiger charge is 2.25. The van der Waals surface area contributed by atoms with Crippen molar-refractivity contribution in [1.82, 2.24) is 10.2 Å². The maximum Gasteiger partial charge on any atom is 0.253 e. The summed E-state index contributed by atoms with van der Waals surface area (Å²) in [6.45, 7) is 7.70. The zero-order chi connectivity index (χ0) is 21.2. The van der Waals surface area contributed by atoms with Crippen LogP contribution in [0.2, 0.25) is 10.0 Å². The van der Waals surface area contributed by atoms with Crippen molar-refractivity contribution in [3.05, 3.63) is 69.2 Å². The van der Waals surface area contributed by atoms with Crippen molar-refractivity contribution in [2.24, 2.45) is 0 Å². The molecule has 1 N–H and O–H groups in total. The van der Waals surface area contributed by atoms with Crippen molar-refractivity contribution in [1.29, 1.82) is 0 Å². The lowest BCUT2D eigenvalue weighted by molar-refractivity contribution is 0.0698. The van der Waals surface area contributed by atoms with Gasteiger partial charge in [-0.1, -0.05) is 56.1 Å². The summed E-state index contributed by atoms with van der Waals surface area (Å²) in [7, 11) is 0. The molecule has 2 aromatic rings. The quantitative estimate of drug-likeness (QED) is 0.712. The lowest BCUT2D eigenvalue weighted by Crippen LogP contribution is -2.46. The Morgan fingerprint density at radius 1 is 0.931 bits per heavy atom. The molecule has 0 unspecified atom stereocenters. The number of piperidine rings is 1. The molecule has 3 rings (SSSR count). The van der Waals surface area contributed by atoms with E-state index in [4.69, 9.17) is 23.2 Å². The molecule has 6 heteroatoms. The zero-order valence-corrected chi connectivity index (χ0v) is 18.5. The number of halogens is 2. The molecule has 29 heavy (non-hydrogen) atoms. The van der Waals surface area contributed by atoms with Crippen LogP contribution in [0.5, 0.6) is 0 Å². The molecule has 2 aromatic carbocycles. The van der Waals surface area contributed by atoms with Gasteiger partial charge in [-0.25, -0.2) is 0 Å². The molecule has 154 valence electrons. The van der Waals surface area contributed by atoms with E-state index in [1.54, 1.807) is 18.2 Å². The third kappa shape index (κ3) is 5.31. The van der Waals surface area contributed by atoms with Gasteiger partial charge in [0.15, 0.2) is 0 Å². The van der Waals surface area contributed by atoms with Gasteiger partial charge in [-0.15, -0.1) is 0 Å². The van der Waals surface area contributed by atoms with Crippen LogP contribution in [0.25, 0.3) is 0 Å². The maximum absolute atomic E-state index is 12.8. The number of amides is 2. The number of hydrogen-bond donors (Lipinski definition) is 1. The van der Waals surface area contributed by atoms with Gasteiger partial charge in [0.1, 0.15) is 0 Å². The number of nitrogens with zero attached hydrogens (tertiary/aromatic N) is 1. The molecule has 0 spiro atoms. The minimum absolute atomic E-state index is 0.0317. The second-order valence-electron chi connectivity index (χ2n) is 8.50. The van der Waals surface area contributed by atoms with Crippen LogP contribution in [-0.2, 0) is 5.41 Å². The summed E-state index contributed by atoms with van der Waals surface area (Å²) in [5.74, 6) is -0.133. The molecular weight excluding hydrogens is 407 g/mol. The van der Waals surface area contributed by atoms with Gasteiger partial charge in [0.2, 0.25) is 0 Å². The second kappa shape index (κ2) is 8.76. The van der Waals surface area contributed by atoms with Crippen molar-refractivity contribution >= 4 is 35.0 Å². The van der Waals surface area contributed by atoms with Crippen LogP contribution in [0.15, 0.2) is 42.5 Å². The van der Waals surface area contributed by atoms with E-state index in [1.807, 2.05) is 29.2 Å². The Morgan fingerprint density at radius 2 is 1.52 bits per heavy atom. The van der Waals surface area contributed by atoms with Crippen molar-refractivity contribution in [3.8, 4) is 0 Å². The molecule has 0 saturated carbocycles. The van der Waals surface area contributed by atoms with Crippen LogP contribution in [0, 0.1) is 0 Å². The lowest BCUT2D eigenvalue weighted by Gasteiger charge is -2.32. The number of rotatable bonds is 3. The summed E-state index contributed by atoms with van der Waals surface area (Å²) in [4.78, 5) is 27.1. The summed E-state index contributed by atoms with van der Waals surface area (Å²) in [6.07, 6.45) is 1.44. The van der Waals surface area contributed by atoms with Crippen LogP contribution < -0.4 is 5.32 Å². The molecule has 0 aliphatic carbocycles. The fourth-order valence-electron chi connectivity index (χ4n) is 3.43. The third-order valence-electron chi connectivity index (χ3n) is 5.30. The van der Waals surface area contributed by atoms with Crippen LogP contribution >= 0.6 is 23.2 Å². The fraction of sp³-hybridized carbons (Fsp3) is 0.391. The lowest BCUT2D eigenvalue weighted by atomic mass is 9.86. The Morgan fingerprint density at radius 3 is 2.07 bits per heavy atom. The van der Waals surface area contributed by atoms with Gasteiger partial charge < -0.3 is 10.2 Å². The Kier molecular flexibility index (Phi) is 6.55. The highest BCUT2D eigenvalue weighted by Crippen LogP contribution is 2.24. The Hall–Kier alpha value is -2.04. The van der Waals surface area contributed by atoms with E-state index < -0.39 is 0 Å². The van der Waals surface area contributed by atoms with Crippen LogP contribution in [0.4, 0.5) is 0 Å². The fourth-order valence-corrected chi connectivity index (χ4v) is 3.73. The molecule has 1 fully saturated rings. The predicted molar refractivity (Wildman–Crippen MR) is 118 cm³/mol. The number of carbonyl (C=O) groups is 2. The minimum Gasteiger partial charge on any atom is -0.349 e. The van der Waals surface area contributed by atoms with Crippen molar-refractivity contribution in [2.45, 2.75) is 45.1 Å². The topological polar surface area (TPSA) is 49.4 Å². The van der Waals surface area contributed by atoms with E-state index >= 15 is 0 Å². The maximum atomic E-state index is 12.8. The molecule has 4 nitrogen and oxygen atoms in total. The van der Waals surface area contributed by atoms with Gasteiger partial charge >= 0.3 is 0 Å². The second-order valence-corrected chi connectivity index (χ2v) is 9.31. The Bertz CT molecular complexity index is 896. The minimum atomic E-state index is -0.175. The molecule has 1 aliphatic rings. The van der Waals surface area contributed by atoms with E-state index in [0.717, 1.165) is 12.8 Å². The molecular formula is C23H26Cl2N2O2.